The minimum atomic E-state index is -0.289. The molecule has 1 aliphatic heterocycles. The molecule has 2 aromatic carbocycles. The molecule has 1 atom stereocenters. The van der Waals surface area contributed by atoms with Crippen LogP contribution in [0.15, 0.2) is 54.6 Å². The average Bonchev–Trinajstić information content (AvgIpc) is 2.88. The molecule has 3 rings (SSSR count). The van der Waals surface area contributed by atoms with Crippen LogP contribution in [0.2, 0.25) is 0 Å². The first kappa shape index (κ1) is 15.1. The van der Waals surface area contributed by atoms with E-state index in [-0.39, 0.29) is 18.0 Å². The molecule has 2 aromatic rings. The van der Waals surface area contributed by atoms with E-state index in [0.29, 0.717) is 13.0 Å². The van der Waals surface area contributed by atoms with E-state index in [9.17, 15) is 9.59 Å². The number of aryl methyl sites for hydroxylation is 1. The third kappa shape index (κ3) is 3.69. The summed E-state index contributed by atoms with van der Waals surface area (Å²) in [6.07, 6.45) is 0.316. The zero-order chi connectivity index (χ0) is 16.2. The third-order valence-corrected chi connectivity index (χ3v) is 3.80. The van der Waals surface area contributed by atoms with E-state index in [0.717, 1.165) is 16.9 Å². The van der Waals surface area contributed by atoms with Gasteiger partial charge in [0.25, 0.3) is 0 Å². The Bertz CT molecular complexity index is 715. The van der Waals surface area contributed by atoms with Crippen molar-refractivity contribution in [2.45, 2.75) is 19.4 Å². The van der Waals surface area contributed by atoms with Gasteiger partial charge in [0.05, 0.1) is 6.04 Å². The Morgan fingerprint density at radius 1 is 1.13 bits per heavy atom. The van der Waals surface area contributed by atoms with Crippen LogP contribution in [0, 0.1) is 6.92 Å². The number of amides is 3. The van der Waals surface area contributed by atoms with Crippen LogP contribution in [0.25, 0.3) is 0 Å². The second-order valence-electron chi connectivity index (χ2n) is 5.71. The largest absolute Gasteiger partial charge is 0.333 e. The topological polar surface area (TPSA) is 61.4 Å². The van der Waals surface area contributed by atoms with Crippen molar-refractivity contribution < 1.29 is 9.59 Å². The summed E-state index contributed by atoms with van der Waals surface area (Å²) >= 11 is 0. The molecule has 5 nitrogen and oxygen atoms in total. The highest BCUT2D eigenvalue weighted by Crippen LogP contribution is 2.21. The number of benzene rings is 2. The van der Waals surface area contributed by atoms with Gasteiger partial charge in [-0.25, -0.2) is 4.79 Å². The minimum absolute atomic E-state index is 0.0251. The maximum atomic E-state index is 12.1. The van der Waals surface area contributed by atoms with Crippen LogP contribution in [0.4, 0.5) is 16.2 Å². The molecule has 0 spiro atoms. The lowest BCUT2D eigenvalue weighted by Crippen LogP contribution is -2.39. The zero-order valence-electron chi connectivity index (χ0n) is 13.0. The number of hydrogen-bond acceptors (Lipinski definition) is 2. The van der Waals surface area contributed by atoms with Gasteiger partial charge in [0.15, 0.2) is 0 Å². The lowest BCUT2D eigenvalue weighted by atomic mass is 10.2. The fourth-order valence-corrected chi connectivity index (χ4v) is 2.74. The van der Waals surface area contributed by atoms with Gasteiger partial charge in [0, 0.05) is 24.3 Å². The van der Waals surface area contributed by atoms with E-state index in [2.05, 4.69) is 10.6 Å². The monoisotopic (exact) mass is 309 g/mol. The summed E-state index contributed by atoms with van der Waals surface area (Å²) in [5.41, 5.74) is 2.68. The molecule has 3 amide bonds. The number of para-hydroxylation sites is 1. The summed E-state index contributed by atoms with van der Waals surface area (Å²) in [6, 6.07) is 16.6. The highest BCUT2D eigenvalue weighted by atomic mass is 16.2. The molecule has 1 saturated heterocycles. The number of urea groups is 1. The van der Waals surface area contributed by atoms with E-state index in [4.69, 9.17) is 0 Å². The summed E-state index contributed by atoms with van der Waals surface area (Å²) in [6.45, 7) is 2.46. The molecule has 0 unspecified atom stereocenters. The second-order valence-corrected chi connectivity index (χ2v) is 5.71. The maximum absolute atomic E-state index is 12.1. The van der Waals surface area contributed by atoms with E-state index in [1.807, 2.05) is 61.5 Å². The molecule has 0 radical (unpaired) electrons. The fraction of sp³-hybridized carbons (Fsp3) is 0.222. The Hall–Kier alpha value is -2.82. The molecule has 23 heavy (non-hydrogen) atoms. The van der Waals surface area contributed by atoms with Crippen LogP contribution in [0.3, 0.4) is 0 Å². The lowest BCUT2D eigenvalue weighted by molar-refractivity contribution is -0.117. The first-order valence-corrected chi connectivity index (χ1v) is 7.61. The normalized spacial score (nSPS) is 17.2. The molecule has 0 aromatic heterocycles. The summed E-state index contributed by atoms with van der Waals surface area (Å²) < 4.78 is 0. The number of nitrogens with one attached hydrogen (secondary N) is 2. The summed E-state index contributed by atoms with van der Waals surface area (Å²) in [5.74, 6) is 0.0251. The van der Waals surface area contributed by atoms with Gasteiger partial charge in [0.2, 0.25) is 5.91 Å². The van der Waals surface area contributed by atoms with E-state index < -0.39 is 0 Å². The van der Waals surface area contributed by atoms with Crippen molar-refractivity contribution in [1.82, 2.24) is 5.32 Å². The molecule has 5 heteroatoms. The van der Waals surface area contributed by atoms with Crippen molar-refractivity contribution in [1.29, 1.82) is 0 Å². The van der Waals surface area contributed by atoms with Gasteiger partial charge in [-0.3, -0.25) is 4.79 Å². The second kappa shape index (κ2) is 6.52. The number of rotatable bonds is 3. The smallest absolute Gasteiger partial charge is 0.319 e. The predicted molar refractivity (Wildman–Crippen MR) is 90.5 cm³/mol. The number of carbonyl (C=O) groups is 2. The zero-order valence-corrected chi connectivity index (χ0v) is 13.0. The van der Waals surface area contributed by atoms with Gasteiger partial charge < -0.3 is 15.5 Å². The van der Waals surface area contributed by atoms with Crippen LogP contribution in [-0.2, 0) is 4.79 Å². The van der Waals surface area contributed by atoms with Crippen molar-refractivity contribution in [3.63, 3.8) is 0 Å². The van der Waals surface area contributed by atoms with Gasteiger partial charge in [0.1, 0.15) is 0 Å². The van der Waals surface area contributed by atoms with Crippen LogP contribution in [0.1, 0.15) is 12.0 Å². The molecule has 0 bridgehead atoms. The number of carbonyl (C=O) groups excluding carboxylic acids is 2. The van der Waals surface area contributed by atoms with Crippen molar-refractivity contribution in [2.75, 3.05) is 16.8 Å². The Morgan fingerprint density at radius 3 is 2.65 bits per heavy atom. The molecule has 2 N–H and O–H groups in total. The van der Waals surface area contributed by atoms with Crippen LogP contribution in [0.5, 0.6) is 0 Å². The molecule has 1 fully saturated rings. The van der Waals surface area contributed by atoms with Gasteiger partial charge in [-0.2, -0.15) is 0 Å². The minimum Gasteiger partial charge on any atom is -0.333 e. The van der Waals surface area contributed by atoms with E-state index in [1.165, 1.54) is 0 Å². The molecule has 0 aliphatic carbocycles. The standard InChI is InChI=1S/C18H19N3O2/c1-13-6-5-7-14(10-13)19-18(23)20-15-11-17(22)21(12-15)16-8-3-2-4-9-16/h2-10,15H,11-12H2,1H3,(H2,19,20,23)/t15-/m1/s1. The van der Waals surface area contributed by atoms with Crippen LogP contribution in [-0.4, -0.2) is 24.5 Å². The van der Waals surface area contributed by atoms with Gasteiger partial charge in [-0.15, -0.1) is 0 Å². The van der Waals surface area contributed by atoms with Crippen LogP contribution >= 0.6 is 0 Å². The van der Waals surface area contributed by atoms with Crippen molar-refractivity contribution in [2.24, 2.45) is 0 Å². The van der Waals surface area contributed by atoms with Gasteiger partial charge >= 0.3 is 6.03 Å². The van der Waals surface area contributed by atoms with Crippen LogP contribution < -0.4 is 15.5 Å². The quantitative estimate of drug-likeness (QED) is 0.916. The van der Waals surface area contributed by atoms with Crippen molar-refractivity contribution in [3.8, 4) is 0 Å². The highest BCUT2D eigenvalue weighted by Gasteiger charge is 2.31. The predicted octanol–water partition coefficient (Wildman–Crippen LogP) is 2.92. The SMILES string of the molecule is Cc1cccc(NC(=O)N[C@@H]2CC(=O)N(c3ccccc3)C2)c1. The molecule has 1 heterocycles. The molecule has 1 aliphatic rings. The van der Waals surface area contributed by atoms with Gasteiger partial charge in [-0.1, -0.05) is 30.3 Å². The summed E-state index contributed by atoms with van der Waals surface area (Å²) in [4.78, 5) is 25.9. The molecular weight excluding hydrogens is 290 g/mol. The lowest BCUT2D eigenvalue weighted by Gasteiger charge is -2.17. The van der Waals surface area contributed by atoms with Crippen molar-refractivity contribution >= 4 is 23.3 Å². The van der Waals surface area contributed by atoms with Crippen molar-refractivity contribution in [3.05, 3.63) is 60.2 Å². The third-order valence-electron chi connectivity index (χ3n) is 3.80. The number of hydrogen-bond donors (Lipinski definition) is 2. The van der Waals surface area contributed by atoms with Gasteiger partial charge in [-0.05, 0) is 36.8 Å². The van der Waals surface area contributed by atoms with E-state index in [1.54, 1.807) is 4.90 Å². The Kier molecular flexibility index (Phi) is 4.28. The molecule has 0 saturated carbocycles. The Balaban J connectivity index is 1.59. The summed E-state index contributed by atoms with van der Waals surface area (Å²) in [7, 11) is 0. The fourth-order valence-electron chi connectivity index (χ4n) is 2.74. The van der Waals surface area contributed by atoms with E-state index >= 15 is 0 Å². The summed E-state index contributed by atoms with van der Waals surface area (Å²) in [5, 5.41) is 5.66. The maximum Gasteiger partial charge on any atom is 0.319 e. The first-order chi connectivity index (χ1) is 11.1. The Labute approximate surface area is 135 Å². The highest BCUT2D eigenvalue weighted by molar-refractivity contribution is 5.97. The number of anilines is 2. The molecular formula is C18H19N3O2. The Morgan fingerprint density at radius 2 is 1.91 bits per heavy atom. The number of nitrogens with zero attached hydrogens (tertiary/aromatic N) is 1. The average molecular weight is 309 g/mol. The first-order valence-electron chi connectivity index (χ1n) is 7.61. The molecule has 118 valence electrons.